The Hall–Kier alpha value is -4.28. The fraction of sp³-hybridized carbons (Fsp3) is 0.360. The lowest BCUT2D eigenvalue weighted by atomic mass is 9.95. The zero-order valence-electron chi connectivity index (χ0n) is 21.0. The molecule has 0 aliphatic rings. The molecule has 3 rings (SSSR count). The molecule has 2 aromatic carbocycles. The van der Waals surface area contributed by atoms with E-state index in [0.717, 1.165) is 27.0 Å². The number of hydrogen-bond acceptors (Lipinski definition) is 8. The summed E-state index contributed by atoms with van der Waals surface area (Å²) in [5.74, 6) is -1.75. The van der Waals surface area contributed by atoms with Gasteiger partial charge in [-0.25, -0.2) is 4.79 Å². The minimum Gasteiger partial charge on any atom is -0.341 e. The number of nitrogens with zero attached hydrogens (tertiary/aromatic N) is 4. The van der Waals surface area contributed by atoms with Crippen molar-refractivity contribution in [3.8, 4) is 0 Å². The zero-order chi connectivity index (χ0) is 26.7. The van der Waals surface area contributed by atoms with E-state index in [2.05, 4.69) is 9.72 Å². The summed E-state index contributed by atoms with van der Waals surface area (Å²) in [7, 11) is 0. The Bertz CT molecular complexity index is 1410. The number of fused-ring (bicyclic) bond motifs is 3. The Labute approximate surface area is 207 Å². The average Bonchev–Trinajstić information content (AvgIpc) is 3.13. The van der Waals surface area contributed by atoms with E-state index in [0.29, 0.717) is 23.2 Å². The number of oxime groups is 1. The molecule has 0 spiro atoms. The van der Waals surface area contributed by atoms with Gasteiger partial charge in [0.15, 0.2) is 0 Å². The van der Waals surface area contributed by atoms with E-state index in [1.165, 1.54) is 26.8 Å². The van der Waals surface area contributed by atoms with Gasteiger partial charge < -0.3 is 14.2 Å². The quantitative estimate of drug-likeness (QED) is 0.205. The Morgan fingerprint density at radius 1 is 1.11 bits per heavy atom. The molecule has 1 atom stereocenters. The van der Waals surface area contributed by atoms with Gasteiger partial charge in [-0.3, -0.25) is 19.7 Å². The minimum absolute atomic E-state index is 0.0247. The van der Waals surface area contributed by atoms with Gasteiger partial charge in [-0.15, -0.1) is 0 Å². The molecule has 0 saturated carbocycles. The van der Waals surface area contributed by atoms with E-state index >= 15 is 0 Å². The molecule has 0 saturated heterocycles. The van der Waals surface area contributed by atoms with Crippen LogP contribution >= 0.6 is 0 Å². The van der Waals surface area contributed by atoms with Crippen LogP contribution in [0, 0.1) is 17.0 Å². The molecule has 190 valence electrons. The van der Waals surface area contributed by atoms with Crippen LogP contribution in [0.1, 0.15) is 52.2 Å². The number of amides is 1. The second kappa shape index (κ2) is 10.5. The molecule has 0 aliphatic carbocycles. The van der Waals surface area contributed by atoms with Gasteiger partial charge in [0, 0.05) is 73.2 Å². The molecule has 1 aromatic heterocycles. The van der Waals surface area contributed by atoms with Crippen molar-refractivity contribution in [2.24, 2.45) is 5.16 Å². The maximum atomic E-state index is 12.1. The number of aromatic nitrogens is 1. The van der Waals surface area contributed by atoms with Crippen molar-refractivity contribution in [1.29, 1.82) is 0 Å². The standard InChI is InChI=1S/C25H28N4O7/c1-7-27-23-10-8-19(29(33)34)13-21(23)25-15(3)20(9-11-24(25)27)22(26-35-17(5)31)12-14(2)28(16(4)30)36-18(6)32/h8-11,13-14H,7,12H2,1-6H3/b26-22+. The van der Waals surface area contributed by atoms with Crippen LogP contribution in [0.3, 0.4) is 0 Å². The predicted molar refractivity (Wildman–Crippen MR) is 133 cm³/mol. The summed E-state index contributed by atoms with van der Waals surface area (Å²) in [6.07, 6.45) is 0.0963. The van der Waals surface area contributed by atoms with Gasteiger partial charge in [-0.05, 0) is 38.5 Å². The third-order valence-electron chi connectivity index (χ3n) is 5.82. The summed E-state index contributed by atoms with van der Waals surface area (Å²) in [4.78, 5) is 56.1. The van der Waals surface area contributed by atoms with Gasteiger partial charge in [0.2, 0.25) is 0 Å². The van der Waals surface area contributed by atoms with Crippen molar-refractivity contribution in [3.05, 3.63) is 51.6 Å². The average molecular weight is 497 g/mol. The smallest absolute Gasteiger partial charge is 0.331 e. The number of hydroxylamine groups is 2. The molecule has 0 aliphatic heterocycles. The normalized spacial score (nSPS) is 12.4. The number of carbonyl (C=O) groups excluding carboxylic acids is 3. The second-order valence-corrected chi connectivity index (χ2v) is 8.44. The molecule has 0 bridgehead atoms. The first-order chi connectivity index (χ1) is 17.0. The molecule has 11 heteroatoms. The SMILES string of the molecule is CCn1c2ccc([N+](=O)[O-])cc2c2c(C)c(/C(CC(C)N(OC(C)=O)C(C)=O)=N/OC(C)=O)ccc21. The predicted octanol–water partition coefficient (Wildman–Crippen LogP) is 4.40. The van der Waals surface area contributed by atoms with Crippen LogP contribution < -0.4 is 0 Å². The molecule has 11 nitrogen and oxygen atoms in total. The summed E-state index contributed by atoms with van der Waals surface area (Å²) in [6, 6.07) is 7.84. The number of aryl methyl sites for hydroxylation is 2. The lowest BCUT2D eigenvalue weighted by Crippen LogP contribution is -2.39. The van der Waals surface area contributed by atoms with Crippen molar-refractivity contribution < 1.29 is 29.0 Å². The highest BCUT2D eigenvalue weighted by atomic mass is 16.7. The molecule has 3 aromatic rings. The van der Waals surface area contributed by atoms with Crippen LogP contribution in [0.5, 0.6) is 0 Å². The lowest BCUT2D eigenvalue weighted by molar-refractivity contribution is -0.384. The van der Waals surface area contributed by atoms with Crippen LogP contribution in [0.25, 0.3) is 21.8 Å². The van der Waals surface area contributed by atoms with E-state index in [4.69, 9.17) is 9.68 Å². The molecule has 0 fully saturated rings. The first-order valence-electron chi connectivity index (χ1n) is 11.4. The second-order valence-electron chi connectivity index (χ2n) is 8.44. The maximum Gasteiger partial charge on any atom is 0.331 e. The van der Waals surface area contributed by atoms with Crippen LogP contribution in [0.15, 0.2) is 35.5 Å². The number of nitro groups is 1. The maximum absolute atomic E-state index is 12.1. The first-order valence-corrected chi connectivity index (χ1v) is 11.4. The van der Waals surface area contributed by atoms with E-state index < -0.39 is 28.8 Å². The molecular formula is C25H28N4O7. The van der Waals surface area contributed by atoms with Crippen molar-refractivity contribution in [3.63, 3.8) is 0 Å². The first kappa shape index (κ1) is 26.3. The van der Waals surface area contributed by atoms with Crippen molar-refractivity contribution in [2.45, 2.75) is 60.5 Å². The third kappa shape index (κ3) is 5.19. The fourth-order valence-corrected chi connectivity index (χ4v) is 4.40. The van der Waals surface area contributed by atoms with Crippen molar-refractivity contribution in [1.82, 2.24) is 9.63 Å². The molecule has 0 radical (unpaired) electrons. The molecule has 0 N–H and O–H groups in total. The van der Waals surface area contributed by atoms with Gasteiger partial charge in [-0.1, -0.05) is 11.2 Å². The van der Waals surface area contributed by atoms with Crippen LogP contribution in [0.4, 0.5) is 5.69 Å². The van der Waals surface area contributed by atoms with E-state index in [1.807, 2.05) is 26.0 Å². The van der Waals surface area contributed by atoms with Gasteiger partial charge >= 0.3 is 11.9 Å². The summed E-state index contributed by atoms with van der Waals surface area (Å²) in [6.45, 7) is 9.85. The minimum atomic E-state index is -0.651. The van der Waals surface area contributed by atoms with Crippen LogP contribution in [-0.2, 0) is 30.6 Å². The van der Waals surface area contributed by atoms with E-state index in [9.17, 15) is 24.5 Å². The number of non-ortho nitro benzene ring substituents is 1. The molecule has 1 amide bonds. The largest absolute Gasteiger partial charge is 0.341 e. The Morgan fingerprint density at radius 3 is 2.33 bits per heavy atom. The molecular weight excluding hydrogens is 468 g/mol. The molecule has 1 heterocycles. The fourth-order valence-electron chi connectivity index (χ4n) is 4.40. The van der Waals surface area contributed by atoms with Crippen molar-refractivity contribution in [2.75, 3.05) is 0 Å². The highest BCUT2D eigenvalue weighted by molar-refractivity contribution is 6.14. The lowest BCUT2D eigenvalue weighted by Gasteiger charge is -2.26. The monoisotopic (exact) mass is 496 g/mol. The molecule has 1 unspecified atom stereocenters. The summed E-state index contributed by atoms with van der Waals surface area (Å²) in [5.41, 5.74) is 3.46. The Balaban J connectivity index is 2.21. The van der Waals surface area contributed by atoms with Gasteiger partial charge in [0.05, 0.1) is 16.7 Å². The number of hydrogen-bond donors (Lipinski definition) is 0. The highest BCUT2D eigenvalue weighted by Crippen LogP contribution is 2.35. The topological polar surface area (TPSA) is 133 Å². The number of benzene rings is 2. The van der Waals surface area contributed by atoms with Crippen LogP contribution in [-0.4, -0.2) is 44.2 Å². The molecule has 36 heavy (non-hydrogen) atoms. The van der Waals surface area contributed by atoms with Crippen LogP contribution in [0.2, 0.25) is 0 Å². The van der Waals surface area contributed by atoms with E-state index in [-0.39, 0.29) is 12.1 Å². The number of nitro benzene ring substituents is 1. The van der Waals surface area contributed by atoms with Gasteiger partial charge in [0.25, 0.3) is 11.6 Å². The van der Waals surface area contributed by atoms with Crippen molar-refractivity contribution >= 4 is 51.1 Å². The number of carbonyl (C=O) groups is 3. The zero-order valence-corrected chi connectivity index (χ0v) is 21.0. The summed E-state index contributed by atoms with van der Waals surface area (Å²) >= 11 is 0. The van der Waals surface area contributed by atoms with E-state index in [1.54, 1.807) is 19.1 Å². The summed E-state index contributed by atoms with van der Waals surface area (Å²) in [5, 5.41) is 18.0. The third-order valence-corrected chi connectivity index (χ3v) is 5.82. The highest BCUT2D eigenvalue weighted by Gasteiger charge is 2.25. The van der Waals surface area contributed by atoms with Gasteiger partial charge in [0.1, 0.15) is 0 Å². The van der Waals surface area contributed by atoms with Gasteiger partial charge in [-0.2, -0.15) is 5.06 Å². The Morgan fingerprint density at radius 2 is 1.78 bits per heavy atom. The number of rotatable bonds is 7. The Kier molecular flexibility index (Phi) is 7.71. The summed E-state index contributed by atoms with van der Waals surface area (Å²) < 4.78 is 2.06.